The quantitative estimate of drug-likeness (QED) is 0.0343. The molecule has 422 valence electrons. The maximum absolute atomic E-state index is 12.7. The van der Waals surface area contributed by atoms with Gasteiger partial charge in [0, 0.05) is 19.3 Å². The van der Waals surface area contributed by atoms with Gasteiger partial charge in [0.15, 0.2) is 6.10 Å². The molecule has 0 aliphatic carbocycles. The Morgan fingerprint density at radius 1 is 0.225 bits per heavy atom. The molecule has 1 atom stereocenters. The van der Waals surface area contributed by atoms with Gasteiger partial charge < -0.3 is 14.2 Å². The van der Waals surface area contributed by atoms with Gasteiger partial charge in [-0.1, -0.05) is 342 Å². The van der Waals surface area contributed by atoms with Gasteiger partial charge in [0.2, 0.25) is 0 Å². The summed E-state index contributed by atoms with van der Waals surface area (Å²) in [7, 11) is 0. The molecule has 0 rings (SSSR count). The number of hydrogen-bond acceptors (Lipinski definition) is 6. The van der Waals surface area contributed by atoms with E-state index in [0.29, 0.717) is 19.3 Å². The van der Waals surface area contributed by atoms with E-state index >= 15 is 0 Å². The summed E-state index contributed by atoms with van der Waals surface area (Å²) in [4.78, 5) is 37.8. The minimum absolute atomic E-state index is 0.0629. The number of unbranched alkanes of at least 4 members (excludes halogenated alkanes) is 50. The van der Waals surface area contributed by atoms with E-state index in [1.165, 1.54) is 276 Å². The lowest BCUT2D eigenvalue weighted by atomic mass is 10.0. The Morgan fingerprint density at radius 3 is 0.563 bits per heavy atom. The fraction of sp³-hybridized carbons (Fsp3) is 0.954. The lowest BCUT2D eigenvalue weighted by Gasteiger charge is -2.18. The van der Waals surface area contributed by atoms with Crippen molar-refractivity contribution in [2.24, 2.45) is 0 Å². The third-order valence-electron chi connectivity index (χ3n) is 15.1. The predicted molar refractivity (Wildman–Crippen MR) is 307 cm³/mol. The molecule has 6 heteroatoms. The first-order valence-electron chi connectivity index (χ1n) is 32.5. The van der Waals surface area contributed by atoms with Crippen molar-refractivity contribution < 1.29 is 28.6 Å². The molecule has 0 saturated heterocycles. The second-order valence-electron chi connectivity index (χ2n) is 22.4. The Hall–Kier alpha value is -1.59. The van der Waals surface area contributed by atoms with E-state index in [9.17, 15) is 14.4 Å². The predicted octanol–water partition coefficient (Wildman–Crippen LogP) is 21.9. The number of hydrogen-bond donors (Lipinski definition) is 0. The third-order valence-corrected chi connectivity index (χ3v) is 15.1. The number of esters is 3. The van der Waals surface area contributed by atoms with E-state index in [-0.39, 0.29) is 31.1 Å². The van der Waals surface area contributed by atoms with Crippen LogP contribution in [0.3, 0.4) is 0 Å². The lowest BCUT2D eigenvalue weighted by molar-refractivity contribution is -0.167. The zero-order valence-corrected chi connectivity index (χ0v) is 48.5. The SMILES string of the molecule is CCCCCCCCCCCCCCCCCCCCCCCCCCCCCCCCCCCCCC(=O)OCC(COC(=O)CCCCCCC)OC(=O)CCCCCCCCCCCCCCC. The van der Waals surface area contributed by atoms with E-state index in [4.69, 9.17) is 14.2 Å². The van der Waals surface area contributed by atoms with Gasteiger partial charge in [-0.3, -0.25) is 14.4 Å². The first kappa shape index (κ1) is 69.4. The van der Waals surface area contributed by atoms with Crippen molar-refractivity contribution in [3.8, 4) is 0 Å². The van der Waals surface area contributed by atoms with E-state index in [1.54, 1.807) is 0 Å². The van der Waals surface area contributed by atoms with Crippen LogP contribution in [0, 0.1) is 0 Å². The number of rotatable bonds is 61. The highest BCUT2D eigenvalue weighted by Crippen LogP contribution is 2.19. The topological polar surface area (TPSA) is 78.9 Å². The molecule has 6 nitrogen and oxygen atoms in total. The molecular formula is C65H126O6. The van der Waals surface area contributed by atoms with Crippen molar-refractivity contribution in [1.29, 1.82) is 0 Å². The third kappa shape index (κ3) is 59.2. The fourth-order valence-corrected chi connectivity index (χ4v) is 10.2. The molecule has 0 spiro atoms. The molecule has 0 bridgehead atoms. The van der Waals surface area contributed by atoms with Gasteiger partial charge in [-0.25, -0.2) is 0 Å². The van der Waals surface area contributed by atoms with Gasteiger partial charge in [-0.2, -0.15) is 0 Å². The van der Waals surface area contributed by atoms with Crippen molar-refractivity contribution in [3.05, 3.63) is 0 Å². The molecule has 0 fully saturated rings. The molecule has 1 unspecified atom stereocenters. The summed E-state index contributed by atoms with van der Waals surface area (Å²) in [6.07, 6.45) is 70.6. The van der Waals surface area contributed by atoms with Gasteiger partial charge in [0.1, 0.15) is 13.2 Å². The second kappa shape index (κ2) is 61.0. The van der Waals surface area contributed by atoms with Crippen molar-refractivity contribution in [2.45, 2.75) is 386 Å². The zero-order valence-electron chi connectivity index (χ0n) is 48.5. The smallest absolute Gasteiger partial charge is 0.306 e. The summed E-state index contributed by atoms with van der Waals surface area (Å²) in [5.74, 6) is -0.852. The van der Waals surface area contributed by atoms with Crippen LogP contribution in [-0.4, -0.2) is 37.2 Å². The van der Waals surface area contributed by atoms with Gasteiger partial charge in [-0.05, 0) is 19.3 Å². The summed E-state index contributed by atoms with van der Waals surface area (Å²) in [5.41, 5.74) is 0. The van der Waals surface area contributed by atoms with Crippen LogP contribution in [0.15, 0.2) is 0 Å². The van der Waals surface area contributed by atoms with Gasteiger partial charge in [0.05, 0.1) is 0 Å². The first-order valence-corrected chi connectivity index (χ1v) is 32.5. The molecule has 0 radical (unpaired) electrons. The summed E-state index contributed by atoms with van der Waals surface area (Å²) in [6.45, 7) is 6.62. The molecule has 0 aliphatic heterocycles. The highest BCUT2D eigenvalue weighted by molar-refractivity contribution is 5.71. The van der Waals surface area contributed by atoms with Crippen LogP contribution in [0.25, 0.3) is 0 Å². The number of carbonyl (C=O) groups is 3. The molecule has 71 heavy (non-hydrogen) atoms. The van der Waals surface area contributed by atoms with Crippen molar-refractivity contribution in [3.63, 3.8) is 0 Å². The molecule has 0 aromatic rings. The summed E-state index contributed by atoms with van der Waals surface area (Å²) in [6, 6.07) is 0. The van der Waals surface area contributed by atoms with Gasteiger partial charge in [0.25, 0.3) is 0 Å². The highest BCUT2D eigenvalue weighted by atomic mass is 16.6. The fourth-order valence-electron chi connectivity index (χ4n) is 10.2. The van der Waals surface area contributed by atoms with Gasteiger partial charge in [-0.15, -0.1) is 0 Å². The Morgan fingerprint density at radius 2 is 0.380 bits per heavy atom. The maximum Gasteiger partial charge on any atom is 0.306 e. The van der Waals surface area contributed by atoms with Crippen LogP contribution in [0.2, 0.25) is 0 Å². The highest BCUT2D eigenvalue weighted by Gasteiger charge is 2.19. The molecule has 0 aromatic heterocycles. The molecule has 0 N–H and O–H groups in total. The number of carbonyl (C=O) groups excluding carboxylic acids is 3. The van der Waals surface area contributed by atoms with Crippen molar-refractivity contribution >= 4 is 17.9 Å². The van der Waals surface area contributed by atoms with Crippen molar-refractivity contribution in [2.75, 3.05) is 13.2 Å². The molecular weight excluding hydrogens is 877 g/mol. The minimum atomic E-state index is -0.759. The molecule has 0 aliphatic rings. The molecule has 0 aromatic carbocycles. The van der Waals surface area contributed by atoms with E-state index in [0.717, 1.165) is 64.2 Å². The van der Waals surface area contributed by atoms with E-state index in [1.807, 2.05) is 0 Å². The van der Waals surface area contributed by atoms with Crippen LogP contribution < -0.4 is 0 Å². The summed E-state index contributed by atoms with van der Waals surface area (Å²) >= 11 is 0. The maximum atomic E-state index is 12.7. The van der Waals surface area contributed by atoms with Crippen LogP contribution in [0.5, 0.6) is 0 Å². The van der Waals surface area contributed by atoms with Crippen LogP contribution in [0.1, 0.15) is 380 Å². The standard InChI is InChI=1S/C65H126O6/c1-4-7-10-13-15-17-19-21-22-23-24-25-26-27-28-29-30-31-32-33-34-35-36-37-38-39-40-41-42-44-45-47-49-52-55-58-64(67)70-61-62(60-69-63(66)57-54-51-12-9-6-3)71-65(68)59-56-53-50-48-46-43-20-18-16-14-11-8-5-2/h62H,4-61H2,1-3H3. The lowest BCUT2D eigenvalue weighted by Crippen LogP contribution is -2.30. The van der Waals surface area contributed by atoms with Crippen LogP contribution in [-0.2, 0) is 28.6 Å². The summed E-state index contributed by atoms with van der Waals surface area (Å²) in [5, 5.41) is 0. The average molecular weight is 1000 g/mol. The average Bonchev–Trinajstić information content (AvgIpc) is 3.37. The Bertz CT molecular complexity index is 1060. The van der Waals surface area contributed by atoms with E-state index < -0.39 is 6.10 Å². The largest absolute Gasteiger partial charge is 0.462 e. The first-order chi connectivity index (χ1) is 35.0. The van der Waals surface area contributed by atoms with E-state index in [2.05, 4.69) is 20.8 Å². The van der Waals surface area contributed by atoms with Crippen LogP contribution in [0.4, 0.5) is 0 Å². The normalized spacial score (nSPS) is 11.9. The second-order valence-corrected chi connectivity index (χ2v) is 22.4. The molecule has 0 amide bonds. The Labute approximate surface area is 444 Å². The molecule has 0 saturated carbocycles. The molecule has 0 heterocycles. The number of ether oxygens (including phenoxy) is 3. The van der Waals surface area contributed by atoms with Gasteiger partial charge >= 0.3 is 17.9 Å². The Balaban J connectivity index is 3.77. The zero-order chi connectivity index (χ0) is 51.4. The summed E-state index contributed by atoms with van der Waals surface area (Å²) < 4.78 is 16.7. The minimum Gasteiger partial charge on any atom is -0.462 e. The van der Waals surface area contributed by atoms with Crippen LogP contribution >= 0.6 is 0 Å². The Kier molecular flexibility index (Phi) is 59.6. The van der Waals surface area contributed by atoms with Crippen molar-refractivity contribution in [1.82, 2.24) is 0 Å². The monoisotopic (exact) mass is 1000 g/mol.